The summed E-state index contributed by atoms with van der Waals surface area (Å²) in [5, 5.41) is 2.87. The monoisotopic (exact) mass is 538 g/mol. The Morgan fingerprint density at radius 3 is 2.15 bits per heavy atom. The summed E-state index contributed by atoms with van der Waals surface area (Å²) in [5.74, 6) is -1.40. The second-order valence-corrected chi connectivity index (χ2v) is 9.85. The highest BCUT2D eigenvalue weighted by Crippen LogP contribution is 2.13. The maximum atomic E-state index is 13.6. The van der Waals surface area contributed by atoms with Gasteiger partial charge in [0.1, 0.15) is 12.1 Å². The lowest BCUT2D eigenvalue weighted by atomic mass is 10.0. The van der Waals surface area contributed by atoms with Crippen molar-refractivity contribution < 1.29 is 19.2 Å². The standard InChI is InChI=1S/C29H42N6O4/c1-33(2)29(39)24(15-8-9-16-30)32-27(37)25(18-21-11-6-5-7-12-21)35(4)26(36)20-34(3)28(38)23-14-10-13-22(17-23)19-31/h5-7,10-14,17,24-25H,8-9,15-16,18-20,30-31H2,1-4H3,(H,32,37). The predicted molar refractivity (Wildman–Crippen MR) is 152 cm³/mol. The van der Waals surface area contributed by atoms with Gasteiger partial charge in [0.15, 0.2) is 0 Å². The molecule has 0 saturated heterocycles. The molecule has 5 N–H and O–H groups in total. The maximum absolute atomic E-state index is 13.6. The van der Waals surface area contributed by atoms with E-state index in [1.54, 1.807) is 46.4 Å². The van der Waals surface area contributed by atoms with E-state index in [0.29, 0.717) is 31.5 Å². The van der Waals surface area contributed by atoms with E-state index in [9.17, 15) is 19.2 Å². The van der Waals surface area contributed by atoms with Gasteiger partial charge in [0.25, 0.3) is 5.91 Å². The van der Waals surface area contributed by atoms with Crippen molar-refractivity contribution in [3.05, 3.63) is 71.3 Å². The Morgan fingerprint density at radius 1 is 0.872 bits per heavy atom. The third kappa shape index (κ3) is 9.49. The van der Waals surface area contributed by atoms with Gasteiger partial charge in [-0.1, -0.05) is 42.5 Å². The number of benzene rings is 2. The van der Waals surface area contributed by atoms with E-state index in [1.807, 2.05) is 36.4 Å². The molecule has 2 atom stereocenters. The van der Waals surface area contributed by atoms with Crippen LogP contribution in [0.2, 0.25) is 0 Å². The topological polar surface area (TPSA) is 142 Å². The van der Waals surface area contributed by atoms with E-state index in [2.05, 4.69) is 5.32 Å². The Hall–Kier alpha value is -3.76. The van der Waals surface area contributed by atoms with Crippen molar-refractivity contribution >= 4 is 23.6 Å². The van der Waals surface area contributed by atoms with Crippen LogP contribution in [0.25, 0.3) is 0 Å². The number of nitrogens with zero attached hydrogens (tertiary/aromatic N) is 3. The number of nitrogens with two attached hydrogens (primary N) is 2. The SMILES string of the molecule is CN(C)C(=O)C(CCCCN)NC(=O)C(Cc1ccccc1)N(C)C(=O)CN(C)C(=O)c1cccc(CN)c1. The molecule has 10 nitrogen and oxygen atoms in total. The molecule has 4 amide bonds. The Kier molecular flexibility index (Phi) is 12.6. The lowest BCUT2D eigenvalue weighted by Gasteiger charge is -2.31. The first kappa shape index (κ1) is 31.5. The van der Waals surface area contributed by atoms with Crippen molar-refractivity contribution in [1.82, 2.24) is 20.0 Å². The Morgan fingerprint density at radius 2 is 1.54 bits per heavy atom. The van der Waals surface area contributed by atoms with Gasteiger partial charge in [-0.15, -0.1) is 0 Å². The minimum atomic E-state index is -0.893. The zero-order valence-corrected chi connectivity index (χ0v) is 23.4. The van der Waals surface area contributed by atoms with Gasteiger partial charge < -0.3 is 31.5 Å². The number of carbonyl (C=O) groups is 4. The number of rotatable bonds is 14. The third-order valence-corrected chi connectivity index (χ3v) is 6.57. The summed E-state index contributed by atoms with van der Waals surface area (Å²) < 4.78 is 0. The van der Waals surface area contributed by atoms with Gasteiger partial charge in [0, 0.05) is 46.7 Å². The number of hydrogen-bond donors (Lipinski definition) is 3. The Bertz CT molecular complexity index is 1110. The molecule has 2 aromatic rings. The molecule has 2 unspecified atom stereocenters. The molecule has 0 saturated carbocycles. The van der Waals surface area contributed by atoms with Crippen LogP contribution in [0.3, 0.4) is 0 Å². The summed E-state index contributed by atoms with van der Waals surface area (Å²) in [6, 6.07) is 14.7. The van der Waals surface area contributed by atoms with Gasteiger partial charge in [-0.3, -0.25) is 19.2 Å². The molecule has 39 heavy (non-hydrogen) atoms. The van der Waals surface area contributed by atoms with Crippen LogP contribution in [0.4, 0.5) is 0 Å². The molecular formula is C29H42N6O4. The second kappa shape index (κ2) is 15.6. The van der Waals surface area contributed by atoms with Crippen LogP contribution in [0.15, 0.2) is 54.6 Å². The van der Waals surface area contributed by atoms with Crippen LogP contribution < -0.4 is 16.8 Å². The lowest BCUT2D eigenvalue weighted by Crippen LogP contribution is -2.55. The first-order valence-electron chi connectivity index (χ1n) is 13.1. The minimum Gasteiger partial charge on any atom is -0.347 e. The molecule has 0 heterocycles. The molecule has 0 aliphatic carbocycles. The average Bonchev–Trinajstić information content (AvgIpc) is 2.94. The van der Waals surface area contributed by atoms with Gasteiger partial charge in [-0.2, -0.15) is 0 Å². The summed E-state index contributed by atoms with van der Waals surface area (Å²) in [7, 11) is 6.36. The smallest absolute Gasteiger partial charge is 0.254 e. The lowest BCUT2D eigenvalue weighted by molar-refractivity contribution is -0.141. The first-order chi connectivity index (χ1) is 18.6. The Balaban J connectivity index is 2.23. The van der Waals surface area contributed by atoms with Crippen molar-refractivity contribution in [1.29, 1.82) is 0 Å². The first-order valence-corrected chi connectivity index (χ1v) is 13.1. The minimum absolute atomic E-state index is 0.224. The predicted octanol–water partition coefficient (Wildman–Crippen LogP) is 0.989. The molecule has 0 radical (unpaired) electrons. The van der Waals surface area contributed by atoms with E-state index in [-0.39, 0.29) is 24.8 Å². The summed E-state index contributed by atoms with van der Waals surface area (Å²) in [6.45, 7) is 0.567. The highest BCUT2D eigenvalue weighted by molar-refractivity contribution is 5.97. The molecule has 212 valence electrons. The van der Waals surface area contributed by atoms with E-state index < -0.39 is 23.9 Å². The van der Waals surface area contributed by atoms with Gasteiger partial charge in [-0.25, -0.2) is 0 Å². The Labute approximate surface area is 231 Å². The molecule has 0 aromatic heterocycles. The summed E-state index contributed by atoms with van der Waals surface area (Å²) in [4.78, 5) is 56.8. The second-order valence-electron chi connectivity index (χ2n) is 9.85. The number of carbonyl (C=O) groups excluding carboxylic acids is 4. The molecule has 2 aromatic carbocycles. The van der Waals surface area contributed by atoms with Crippen molar-refractivity contribution in [2.24, 2.45) is 11.5 Å². The largest absolute Gasteiger partial charge is 0.347 e. The van der Waals surface area contributed by atoms with Crippen LogP contribution in [0.5, 0.6) is 0 Å². The average molecular weight is 539 g/mol. The highest BCUT2D eigenvalue weighted by Gasteiger charge is 2.32. The molecule has 0 aliphatic heterocycles. The van der Waals surface area contributed by atoms with Gasteiger partial charge >= 0.3 is 0 Å². The molecule has 0 spiro atoms. The number of unbranched alkanes of at least 4 members (excludes halogenated alkanes) is 1. The number of amides is 4. The number of hydrogen-bond acceptors (Lipinski definition) is 6. The number of nitrogens with one attached hydrogen (secondary N) is 1. The molecule has 10 heteroatoms. The van der Waals surface area contributed by atoms with E-state index >= 15 is 0 Å². The summed E-state index contributed by atoms with van der Waals surface area (Å²) >= 11 is 0. The zero-order valence-electron chi connectivity index (χ0n) is 23.4. The summed E-state index contributed by atoms with van der Waals surface area (Å²) in [5.41, 5.74) is 13.4. The van der Waals surface area contributed by atoms with Gasteiger partial charge in [-0.05, 0) is 49.1 Å². The van der Waals surface area contributed by atoms with Crippen molar-refractivity contribution in [3.63, 3.8) is 0 Å². The van der Waals surface area contributed by atoms with Crippen molar-refractivity contribution in [3.8, 4) is 0 Å². The van der Waals surface area contributed by atoms with E-state index in [0.717, 1.165) is 17.5 Å². The normalized spacial score (nSPS) is 12.3. The molecule has 0 bridgehead atoms. The fourth-order valence-electron chi connectivity index (χ4n) is 4.18. The maximum Gasteiger partial charge on any atom is 0.254 e. The van der Waals surface area contributed by atoms with Crippen molar-refractivity contribution in [2.75, 3.05) is 41.3 Å². The van der Waals surface area contributed by atoms with Crippen LogP contribution in [-0.2, 0) is 27.3 Å². The molecule has 0 aliphatic rings. The van der Waals surface area contributed by atoms with Crippen LogP contribution in [0, 0.1) is 0 Å². The van der Waals surface area contributed by atoms with Crippen molar-refractivity contribution in [2.45, 2.75) is 44.3 Å². The fourth-order valence-corrected chi connectivity index (χ4v) is 4.18. The highest BCUT2D eigenvalue weighted by atomic mass is 16.2. The van der Waals surface area contributed by atoms with Gasteiger partial charge in [0.05, 0.1) is 6.54 Å². The number of likely N-dealkylation sites (N-methyl/N-ethyl adjacent to an activating group) is 3. The van der Waals surface area contributed by atoms with Gasteiger partial charge in [0.2, 0.25) is 17.7 Å². The van der Waals surface area contributed by atoms with Crippen LogP contribution in [0.1, 0.15) is 40.7 Å². The van der Waals surface area contributed by atoms with Crippen LogP contribution >= 0.6 is 0 Å². The summed E-state index contributed by atoms with van der Waals surface area (Å²) in [6.07, 6.45) is 2.09. The molecular weight excluding hydrogens is 496 g/mol. The van der Waals surface area contributed by atoms with E-state index in [4.69, 9.17) is 11.5 Å². The molecule has 2 rings (SSSR count). The molecule has 0 fully saturated rings. The quantitative estimate of drug-likeness (QED) is 0.306. The third-order valence-electron chi connectivity index (χ3n) is 6.57. The van der Waals surface area contributed by atoms with E-state index in [1.165, 1.54) is 14.7 Å². The fraction of sp³-hybridized carbons (Fsp3) is 0.448. The zero-order chi connectivity index (χ0) is 28.9. The van der Waals surface area contributed by atoms with Crippen LogP contribution in [-0.4, -0.2) is 91.7 Å².